The lowest BCUT2D eigenvalue weighted by molar-refractivity contribution is 0.462. The molecule has 2 aromatic carbocycles. The van der Waals surface area contributed by atoms with E-state index in [2.05, 4.69) is 15.2 Å². The highest BCUT2D eigenvalue weighted by atomic mass is 32.2. The molecule has 0 aliphatic rings. The summed E-state index contributed by atoms with van der Waals surface area (Å²) in [5.74, 6) is 0.227. The van der Waals surface area contributed by atoms with Gasteiger partial charge in [0.25, 0.3) is 5.56 Å². The normalized spacial score (nSPS) is 11.1. The molecule has 0 amide bonds. The fraction of sp³-hybridized carbons (Fsp3) is 0.0526. The molecule has 0 unspecified atom stereocenters. The number of phenolic OH excluding ortho intramolecular Hbond substituents is 1. The van der Waals surface area contributed by atoms with Crippen LogP contribution in [-0.2, 0) is 0 Å². The fourth-order valence-electron chi connectivity index (χ4n) is 2.77. The van der Waals surface area contributed by atoms with Crippen LogP contribution in [0.4, 0.5) is 0 Å². The van der Waals surface area contributed by atoms with E-state index in [0.29, 0.717) is 11.3 Å². The second-order valence-corrected chi connectivity index (χ2v) is 6.76. The third-order valence-corrected chi connectivity index (χ3v) is 5.11. The number of aromatic hydroxyl groups is 1. The highest BCUT2D eigenvalue weighted by Crippen LogP contribution is 2.39. The average Bonchev–Trinajstić information content (AvgIpc) is 2.95. The standard InChI is InChI=1S/C19H15N3O2S/c1-11-18(19(24)22-21-11)14-10-17(12-6-2-3-7-13(12)20-14)25-16-9-5-4-8-15(16)23/h2-10,23H,1H3,(H2,21,22,24). The molecule has 0 aliphatic carbocycles. The van der Waals surface area contributed by atoms with E-state index in [1.165, 1.54) is 11.8 Å². The maximum absolute atomic E-state index is 12.1. The number of aromatic amines is 2. The minimum atomic E-state index is -0.196. The van der Waals surface area contributed by atoms with Gasteiger partial charge in [0.15, 0.2) is 0 Å². The Morgan fingerprint density at radius 1 is 1.00 bits per heavy atom. The van der Waals surface area contributed by atoms with Gasteiger partial charge in [0.1, 0.15) is 5.75 Å². The summed E-state index contributed by atoms with van der Waals surface area (Å²) < 4.78 is 0. The van der Waals surface area contributed by atoms with E-state index in [4.69, 9.17) is 0 Å². The van der Waals surface area contributed by atoms with Crippen LogP contribution in [0.15, 0.2) is 69.2 Å². The number of fused-ring (bicyclic) bond motifs is 1. The minimum Gasteiger partial charge on any atom is -0.507 e. The van der Waals surface area contributed by atoms with Crippen molar-refractivity contribution in [2.45, 2.75) is 16.7 Å². The van der Waals surface area contributed by atoms with Crippen molar-refractivity contribution >= 4 is 22.7 Å². The number of phenols is 1. The van der Waals surface area contributed by atoms with Gasteiger partial charge in [-0.1, -0.05) is 42.1 Å². The zero-order valence-electron chi connectivity index (χ0n) is 13.4. The van der Waals surface area contributed by atoms with Gasteiger partial charge < -0.3 is 10.2 Å². The molecule has 4 aromatic rings. The maximum atomic E-state index is 12.1. The Morgan fingerprint density at radius 2 is 1.76 bits per heavy atom. The second-order valence-electron chi connectivity index (χ2n) is 5.67. The number of nitrogens with zero attached hydrogens (tertiary/aromatic N) is 1. The number of aromatic nitrogens is 3. The zero-order valence-corrected chi connectivity index (χ0v) is 14.2. The second kappa shape index (κ2) is 6.14. The van der Waals surface area contributed by atoms with Gasteiger partial charge in [-0.2, -0.15) is 0 Å². The van der Waals surface area contributed by atoms with Crippen molar-refractivity contribution in [3.8, 4) is 17.0 Å². The van der Waals surface area contributed by atoms with Crippen molar-refractivity contribution in [2.75, 3.05) is 0 Å². The van der Waals surface area contributed by atoms with Gasteiger partial charge >= 0.3 is 0 Å². The SMILES string of the molecule is Cc1[nH][nH]c(=O)c1-c1cc(Sc2ccccc2O)c2ccccc2n1. The molecule has 4 rings (SSSR count). The predicted octanol–water partition coefficient (Wildman–Crippen LogP) is 4.08. The topological polar surface area (TPSA) is 81.8 Å². The maximum Gasteiger partial charge on any atom is 0.273 e. The first-order chi connectivity index (χ1) is 12.1. The van der Waals surface area contributed by atoms with Crippen LogP contribution in [-0.4, -0.2) is 20.3 Å². The third kappa shape index (κ3) is 2.81. The Bertz CT molecular complexity index is 1130. The highest BCUT2D eigenvalue weighted by Gasteiger charge is 2.15. The Kier molecular flexibility index (Phi) is 3.82. The molecule has 25 heavy (non-hydrogen) atoms. The van der Waals surface area contributed by atoms with E-state index in [1.54, 1.807) is 12.1 Å². The summed E-state index contributed by atoms with van der Waals surface area (Å²) in [4.78, 5) is 18.5. The smallest absolute Gasteiger partial charge is 0.273 e. The first kappa shape index (κ1) is 15.5. The van der Waals surface area contributed by atoms with E-state index in [1.807, 2.05) is 49.4 Å². The van der Waals surface area contributed by atoms with E-state index >= 15 is 0 Å². The Morgan fingerprint density at radius 3 is 2.52 bits per heavy atom. The number of hydrogen-bond acceptors (Lipinski definition) is 4. The van der Waals surface area contributed by atoms with Gasteiger partial charge in [0, 0.05) is 16.0 Å². The van der Waals surface area contributed by atoms with E-state index < -0.39 is 0 Å². The molecule has 0 bridgehead atoms. The molecular formula is C19H15N3O2S. The molecule has 3 N–H and O–H groups in total. The Balaban J connectivity index is 1.94. The van der Waals surface area contributed by atoms with Gasteiger partial charge in [0.05, 0.1) is 21.7 Å². The van der Waals surface area contributed by atoms with Crippen LogP contribution in [0.1, 0.15) is 5.69 Å². The van der Waals surface area contributed by atoms with E-state index in [0.717, 1.165) is 26.4 Å². The summed E-state index contributed by atoms with van der Waals surface area (Å²) >= 11 is 1.45. The lowest BCUT2D eigenvalue weighted by atomic mass is 10.1. The van der Waals surface area contributed by atoms with Crippen LogP contribution in [0.25, 0.3) is 22.2 Å². The number of benzene rings is 2. The van der Waals surface area contributed by atoms with Crippen molar-refractivity contribution in [3.63, 3.8) is 0 Å². The molecule has 0 fully saturated rings. The molecule has 5 nitrogen and oxygen atoms in total. The van der Waals surface area contributed by atoms with Crippen molar-refractivity contribution < 1.29 is 5.11 Å². The lowest BCUT2D eigenvalue weighted by Gasteiger charge is -2.10. The van der Waals surface area contributed by atoms with Crippen LogP contribution >= 0.6 is 11.8 Å². The number of pyridine rings is 1. The van der Waals surface area contributed by atoms with Crippen LogP contribution in [0, 0.1) is 6.92 Å². The lowest BCUT2D eigenvalue weighted by Crippen LogP contribution is -2.03. The van der Waals surface area contributed by atoms with Gasteiger partial charge in [-0.15, -0.1) is 0 Å². The first-order valence-corrected chi connectivity index (χ1v) is 8.58. The summed E-state index contributed by atoms with van der Waals surface area (Å²) in [5, 5.41) is 16.5. The molecule has 0 saturated carbocycles. The van der Waals surface area contributed by atoms with Crippen LogP contribution in [0.5, 0.6) is 5.75 Å². The molecule has 0 spiro atoms. The summed E-state index contributed by atoms with van der Waals surface area (Å²) in [6.45, 7) is 1.83. The van der Waals surface area contributed by atoms with Crippen LogP contribution < -0.4 is 5.56 Å². The van der Waals surface area contributed by atoms with Gasteiger partial charge in [0.2, 0.25) is 0 Å². The van der Waals surface area contributed by atoms with Crippen molar-refractivity contribution in [1.82, 2.24) is 15.2 Å². The van der Waals surface area contributed by atoms with Crippen molar-refractivity contribution in [2.24, 2.45) is 0 Å². The van der Waals surface area contributed by atoms with Crippen molar-refractivity contribution in [3.05, 3.63) is 70.6 Å². The molecule has 0 atom stereocenters. The molecule has 6 heteroatoms. The first-order valence-electron chi connectivity index (χ1n) is 7.77. The van der Waals surface area contributed by atoms with Crippen LogP contribution in [0.2, 0.25) is 0 Å². The molecule has 2 aromatic heterocycles. The van der Waals surface area contributed by atoms with Gasteiger partial charge in [-0.05, 0) is 31.2 Å². The largest absolute Gasteiger partial charge is 0.507 e. The molecular weight excluding hydrogens is 334 g/mol. The summed E-state index contributed by atoms with van der Waals surface area (Å²) in [6, 6.07) is 16.9. The quantitative estimate of drug-likeness (QED) is 0.520. The fourth-order valence-corrected chi connectivity index (χ4v) is 3.78. The molecule has 2 heterocycles. The van der Waals surface area contributed by atoms with Gasteiger partial charge in [-0.25, -0.2) is 4.98 Å². The average molecular weight is 349 g/mol. The van der Waals surface area contributed by atoms with E-state index in [-0.39, 0.29) is 11.3 Å². The third-order valence-electron chi connectivity index (χ3n) is 3.99. The number of aryl methyl sites for hydroxylation is 1. The number of nitrogens with one attached hydrogen (secondary N) is 2. The Hall–Kier alpha value is -2.99. The molecule has 124 valence electrons. The number of rotatable bonds is 3. The summed E-state index contributed by atoms with van der Waals surface area (Å²) in [7, 11) is 0. The number of para-hydroxylation sites is 2. The van der Waals surface area contributed by atoms with E-state index in [9.17, 15) is 9.90 Å². The number of hydrogen-bond donors (Lipinski definition) is 3. The molecule has 0 radical (unpaired) electrons. The van der Waals surface area contributed by atoms with Gasteiger partial charge in [-0.3, -0.25) is 9.89 Å². The van der Waals surface area contributed by atoms with Crippen molar-refractivity contribution in [1.29, 1.82) is 0 Å². The minimum absolute atomic E-state index is 0.196. The summed E-state index contributed by atoms with van der Waals surface area (Å²) in [6.07, 6.45) is 0. The summed E-state index contributed by atoms with van der Waals surface area (Å²) in [5.41, 5.74) is 2.49. The van der Waals surface area contributed by atoms with Crippen LogP contribution in [0.3, 0.4) is 0 Å². The zero-order chi connectivity index (χ0) is 17.4. The Labute approximate surface area is 147 Å². The highest BCUT2D eigenvalue weighted by molar-refractivity contribution is 7.99. The molecule has 0 saturated heterocycles. The molecule has 0 aliphatic heterocycles. The number of H-pyrrole nitrogens is 2. The monoisotopic (exact) mass is 349 g/mol. The predicted molar refractivity (Wildman–Crippen MR) is 99.1 cm³/mol.